The van der Waals surface area contributed by atoms with Crippen LogP contribution in [0.2, 0.25) is 0 Å². The summed E-state index contributed by atoms with van der Waals surface area (Å²) in [5, 5.41) is 2.80. The summed E-state index contributed by atoms with van der Waals surface area (Å²) in [6.07, 6.45) is 2.22. The molecule has 0 fully saturated rings. The molecule has 1 N–H and O–H groups in total. The lowest BCUT2D eigenvalue weighted by atomic mass is 10.1. The van der Waals surface area contributed by atoms with Crippen LogP contribution in [-0.2, 0) is 13.5 Å². The van der Waals surface area contributed by atoms with Crippen LogP contribution in [0.25, 0.3) is 0 Å². The Bertz CT molecular complexity index is 752. The molecule has 0 atom stereocenters. The van der Waals surface area contributed by atoms with Crippen molar-refractivity contribution in [2.45, 2.75) is 6.42 Å². The molecule has 1 heterocycles. The minimum atomic E-state index is -0.261. The van der Waals surface area contributed by atoms with E-state index < -0.39 is 0 Å². The van der Waals surface area contributed by atoms with Crippen LogP contribution in [0.4, 0.5) is 0 Å². The minimum absolute atomic E-state index is 0.211. The Morgan fingerprint density at radius 3 is 2.52 bits per heavy atom. The summed E-state index contributed by atoms with van der Waals surface area (Å²) in [7, 11) is 4.81. The Morgan fingerprint density at radius 1 is 1.13 bits per heavy atom. The summed E-state index contributed by atoms with van der Waals surface area (Å²) < 4.78 is 11.9. The lowest BCUT2D eigenvalue weighted by Crippen LogP contribution is -2.27. The zero-order valence-electron chi connectivity index (χ0n) is 13.5. The monoisotopic (exact) mass is 316 g/mol. The molecular formula is C17H20N2O4. The summed E-state index contributed by atoms with van der Waals surface area (Å²) in [6.45, 7) is 0.462. The molecule has 1 aromatic heterocycles. The van der Waals surface area contributed by atoms with Crippen molar-refractivity contribution in [3.63, 3.8) is 0 Å². The van der Waals surface area contributed by atoms with Crippen molar-refractivity contribution in [3.05, 3.63) is 58.0 Å². The molecule has 6 heteroatoms. The van der Waals surface area contributed by atoms with Crippen LogP contribution in [0, 0.1) is 0 Å². The van der Waals surface area contributed by atoms with E-state index in [1.807, 2.05) is 18.2 Å². The smallest absolute Gasteiger partial charge is 0.251 e. The Hall–Kier alpha value is -2.76. The molecule has 1 amide bonds. The van der Waals surface area contributed by atoms with Crippen molar-refractivity contribution in [1.29, 1.82) is 0 Å². The lowest BCUT2D eigenvalue weighted by Gasteiger charge is -2.10. The molecular weight excluding hydrogens is 296 g/mol. The summed E-state index contributed by atoms with van der Waals surface area (Å²) in [5.74, 6) is 1.06. The van der Waals surface area contributed by atoms with Gasteiger partial charge in [-0.3, -0.25) is 9.59 Å². The van der Waals surface area contributed by atoms with E-state index in [1.54, 1.807) is 33.5 Å². The van der Waals surface area contributed by atoms with Gasteiger partial charge in [0.25, 0.3) is 11.5 Å². The molecule has 0 radical (unpaired) electrons. The predicted molar refractivity (Wildman–Crippen MR) is 87.3 cm³/mol. The summed E-state index contributed by atoms with van der Waals surface area (Å²) in [6, 6.07) is 8.57. The van der Waals surface area contributed by atoms with Crippen molar-refractivity contribution in [3.8, 4) is 11.5 Å². The number of methoxy groups -OCH3 is 2. The van der Waals surface area contributed by atoms with Gasteiger partial charge in [0.2, 0.25) is 0 Å². The van der Waals surface area contributed by atoms with E-state index in [-0.39, 0.29) is 11.5 Å². The zero-order chi connectivity index (χ0) is 16.8. The number of amides is 1. The number of hydrogen-bond donors (Lipinski definition) is 1. The van der Waals surface area contributed by atoms with E-state index in [2.05, 4.69) is 5.32 Å². The maximum atomic E-state index is 12.0. The molecule has 2 aromatic rings. The number of aryl methyl sites for hydroxylation is 1. The highest BCUT2D eigenvalue weighted by atomic mass is 16.5. The van der Waals surface area contributed by atoms with Gasteiger partial charge in [-0.25, -0.2) is 0 Å². The van der Waals surface area contributed by atoms with Gasteiger partial charge in [-0.2, -0.15) is 0 Å². The first-order valence-electron chi connectivity index (χ1n) is 7.21. The highest BCUT2D eigenvalue weighted by molar-refractivity contribution is 5.93. The van der Waals surface area contributed by atoms with E-state index in [0.717, 1.165) is 5.56 Å². The largest absolute Gasteiger partial charge is 0.493 e. The number of ether oxygens (including phenoxy) is 2. The van der Waals surface area contributed by atoms with Crippen LogP contribution in [0.15, 0.2) is 41.3 Å². The van der Waals surface area contributed by atoms with E-state index in [0.29, 0.717) is 30.0 Å². The maximum absolute atomic E-state index is 12.0. The van der Waals surface area contributed by atoms with Gasteiger partial charge < -0.3 is 19.4 Å². The summed E-state index contributed by atoms with van der Waals surface area (Å²) >= 11 is 0. The molecule has 0 saturated carbocycles. The lowest BCUT2D eigenvalue weighted by molar-refractivity contribution is 0.0954. The van der Waals surface area contributed by atoms with Crippen LogP contribution in [0.1, 0.15) is 15.9 Å². The first-order valence-corrected chi connectivity index (χ1v) is 7.21. The Kier molecular flexibility index (Phi) is 5.41. The van der Waals surface area contributed by atoms with Crippen molar-refractivity contribution < 1.29 is 14.3 Å². The number of aromatic nitrogens is 1. The number of nitrogens with zero attached hydrogens (tertiary/aromatic N) is 1. The molecule has 0 aliphatic rings. The highest BCUT2D eigenvalue weighted by Gasteiger charge is 2.08. The Morgan fingerprint density at radius 2 is 1.87 bits per heavy atom. The van der Waals surface area contributed by atoms with Crippen molar-refractivity contribution in [1.82, 2.24) is 9.88 Å². The predicted octanol–water partition coefficient (Wildman–Crippen LogP) is 1.38. The Balaban J connectivity index is 1.95. The molecule has 1 aromatic carbocycles. The molecule has 0 unspecified atom stereocenters. The Labute approximate surface area is 134 Å². The molecule has 6 nitrogen and oxygen atoms in total. The minimum Gasteiger partial charge on any atom is -0.493 e. The molecule has 0 aliphatic carbocycles. The third-order valence-electron chi connectivity index (χ3n) is 3.51. The van der Waals surface area contributed by atoms with Crippen LogP contribution in [0.3, 0.4) is 0 Å². The van der Waals surface area contributed by atoms with E-state index in [1.165, 1.54) is 10.6 Å². The van der Waals surface area contributed by atoms with Crippen molar-refractivity contribution >= 4 is 5.91 Å². The van der Waals surface area contributed by atoms with E-state index in [4.69, 9.17) is 9.47 Å². The number of hydrogen-bond acceptors (Lipinski definition) is 4. The van der Waals surface area contributed by atoms with Crippen molar-refractivity contribution in [2.75, 3.05) is 20.8 Å². The van der Waals surface area contributed by atoms with Crippen molar-refractivity contribution in [2.24, 2.45) is 7.05 Å². The highest BCUT2D eigenvalue weighted by Crippen LogP contribution is 2.27. The number of carbonyl (C=O) groups is 1. The molecule has 0 aliphatic heterocycles. The van der Waals surface area contributed by atoms with Crippen LogP contribution < -0.4 is 20.3 Å². The second-order valence-electron chi connectivity index (χ2n) is 5.06. The first kappa shape index (κ1) is 16.6. The van der Waals surface area contributed by atoms with Crippen LogP contribution in [-0.4, -0.2) is 31.2 Å². The van der Waals surface area contributed by atoms with Gasteiger partial charge in [-0.15, -0.1) is 0 Å². The van der Waals surface area contributed by atoms with Crippen LogP contribution >= 0.6 is 0 Å². The average Bonchev–Trinajstić information content (AvgIpc) is 2.57. The fourth-order valence-electron chi connectivity index (χ4n) is 2.15. The molecule has 0 saturated heterocycles. The first-order chi connectivity index (χ1) is 11.0. The normalized spacial score (nSPS) is 10.2. The van der Waals surface area contributed by atoms with Gasteiger partial charge in [-0.05, 0) is 30.2 Å². The quantitative estimate of drug-likeness (QED) is 0.874. The number of pyridine rings is 1. The van der Waals surface area contributed by atoms with Gasteiger partial charge in [0.1, 0.15) is 0 Å². The van der Waals surface area contributed by atoms with Gasteiger partial charge in [0.05, 0.1) is 14.2 Å². The second-order valence-corrected chi connectivity index (χ2v) is 5.06. The topological polar surface area (TPSA) is 69.6 Å². The van der Waals surface area contributed by atoms with Gasteiger partial charge in [0.15, 0.2) is 11.5 Å². The fraction of sp³-hybridized carbons (Fsp3) is 0.294. The number of nitrogens with one attached hydrogen (secondary N) is 1. The SMILES string of the molecule is COc1ccc(CCNC(=O)c2ccn(C)c(=O)c2)cc1OC. The zero-order valence-corrected chi connectivity index (χ0v) is 13.5. The molecule has 0 spiro atoms. The standard InChI is InChI=1S/C17H20N2O4/c1-19-9-7-13(11-16(19)20)17(21)18-8-6-12-4-5-14(22-2)15(10-12)23-3/h4-5,7,9-11H,6,8H2,1-3H3,(H,18,21). The summed E-state index contributed by atoms with van der Waals surface area (Å²) in [5.41, 5.74) is 1.17. The molecule has 23 heavy (non-hydrogen) atoms. The number of rotatable bonds is 6. The van der Waals surface area contributed by atoms with Crippen LogP contribution in [0.5, 0.6) is 11.5 Å². The number of benzene rings is 1. The third-order valence-corrected chi connectivity index (χ3v) is 3.51. The molecule has 2 rings (SSSR count). The van der Waals surface area contributed by atoms with Gasteiger partial charge in [0, 0.05) is 31.4 Å². The summed E-state index contributed by atoms with van der Waals surface area (Å²) in [4.78, 5) is 23.5. The van der Waals surface area contributed by atoms with E-state index in [9.17, 15) is 9.59 Å². The van der Waals surface area contributed by atoms with E-state index >= 15 is 0 Å². The van der Waals surface area contributed by atoms with Gasteiger partial charge >= 0.3 is 0 Å². The second kappa shape index (κ2) is 7.49. The maximum Gasteiger partial charge on any atom is 0.251 e. The number of carbonyl (C=O) groups excluding carboxylic acids is 1. The molecule has 122 valence electrons. The van der Waals surface area contributed by atoms with Gasteiger partial charge in [-0.1, -0.05) is 6.07 Å². The average molecular weight is 316 g/mol. The third kappa shape index (κ3) is 4.12. The molecule has 0 bridgehead atoms. The fourth-order valence-corrected chi connectivity index (χ4v) is 2.15.